The maximum Gasteiger partial charge on any atom is 0.325 e. The van der Waals surface area contributed by atoms with Crippen LogP contribution in [0.25, 0.3) is 0 Å². The summed E-state index contributed by atoms with van der Waals surface area (Å²) in [4.78, 5) is 14.2. The fourth-order valence-corrected chi connectivity index (χ4v) is 2.28. The number of carbonyl (C=O) groups is 1. The lowest BCUT2D eigenvalue weighted by Gasteiger charge is -2.34. The van der Waals surface area contributed by atoms with Crippen LogP contribution in [0.5, 0.6) is 0 Å². The Morgan fingerprint density at radius 3 is 2.44 bits per heavy atom. The van der Waals surface area contributed by atoms with Crippen molar-refractivity contribution in [2.45, 2.75) is 58.5 Å². The molecule has 1 N–H and O–H groups in total. The van der Waals surface area contributed by atoms with Crippen molar-refractivity contribution in [1.82, 2.24) is 10.2 Å². The van der Waals surface area contributed by atoms with Crippen LogP contribution in [0.3, 0.4) is 0 Å². The van der Waals surface area contributed by atoms with Crippen molar-refractivity contribution < 1.29 is 9.53 Å². The summed E-state index contributed by atoms with van der Waals surface area (Å²) in [6.45, 7) is 10.6. The lowest BCUT2D eigenvalue weighted by molar-refractivity contribution is -0.148. The first kappa shape index (κ1) is 17.4. The molecule has 0 aliphatic carbocycles. The number of hydrogen-bond donors (Lipinski definition) is 1. The minimum Gasteiger partial charge on any atom is -0.468 e. The van der Waals surface area contributed by atoms with Crippen molar-refractivity contribution in [3.05, 3.63) is 0 Å². The third kappa shape index (κ3) is 4.94. The monoisotopic (exact) mass is 258 g/mol. The highest BCUT2D eigenvalue weighted by atomic mass is 16.5. The Morgan fingerprint density at radius 1 is 1.44 bits per heavy atom. The molecule has 0 aromatic carbocycles. The molecule has 0 aromatic heterocycles. The molecule has 4 heteroatoms. The summed E-state index contributed by atoms with van der Waals surface area (Å²) < 4.78 is 4.88. The molecule has 0 heterocycles. The Balaban J connectivity index is 4.57. The Bertz CT molecular complexity index is 246. The van der Waals surface area contributed by atoms with E-state index in [0.717, 1.165) is 19.5 Å². The first-order valence-corrected chi connectivity index (χ1v) is 6.96. The van der Waals surface area contributed by atoms with Crippen molar-refractivity contribution in [2.24, 2.45) is 0 Å². The molecule has 0 saturated carbocycles. The highest BCUT2D eigenvalue weighted by molar-refractivity contribution is 5.80. The topological polar surface area (TPSA) is 41.6 Å². The fraction of sp³-hybridized carbons (Fsp3) is 0.929. The maximum absolute atomic E-state index is 11.8. The van der Waals surface area contributed by atoms with Crippen LogP contribution in [0.4, 0.5) is 0 Å². The number of unbranched alkanes of at least 4 members (excludes halogenated alkanes) is 1. The molecular formula is C14H30N2O2. The summed E-state index contributed by atoms with van der Waals surface area (Å²) in [5, 5.41) is 3.09. The Hall–Kier alpha value is -0.610. The van der Waals surface area contributed by atoms with Crippen LogP contribution in [0.2, 0.25) is 0 Å². The van der Waals surface area contributed by atoms with Crippen molar-refractivity contribution in [1.29, 1.82) is 0 Å². The molecule has 0 bridgehead atoms. The van der Waals surface area contributed by atoms with E-state index in [0.29, 0.717) is 6.04 Å². The van der Waals surface area contributed by atoms with Gasteiger partial charge in [-0.3, -0.25) is 4.79 Å². The second-order valence-corrected chi connectivity index (χ2v) is 5.11. The minimum absolute atomic E-state index is 0.191. The summed E-state index contributed by atoms with van der Waals surface area (Å²) in [5.74, 6) is -0.191. The molecule has 18 heavy (non-hydrogen) atoms. The van der Waals surface area contributed by atoms with Gasteiger partial charge >= 0.3 is 5.97 Å². The zero-order valence-electron chi connectivity index (χ0n) is 12.9. The first-order chi connectivity index (χ1) is 8.45. The smallest absolute Gasteiger partial charge is 0.325 e. The van der Waals surface area contributed by atoms with Crippen LogP contribution in [0.1, 0.15) is 47.0 Å². The van der Waals surface area contributed by atoms with E-state index in [9.17, 15) is 4.79 Å². The summed E-state index contributed by atoms with van der Waals surface area (Å²) in [5.41, 5.74) is -0.603. The highest BCUT2D eigenvalue weighted by Gasteiger charge is 2.35. The summed E-state index contributed by atoms with van der Waals surface area (Å²) >= 11 is 0. The maximum atomic E-state index is 11.8. The normalized spacial score (nSPS) is 16.4. The van der Waals surface area contributed by atoms with Gasteiger partial charge in [-0.15, -0.1) is 0 Å². The van der Waals surface area contributed by atoms with E-state index in [4.69, 9.17) is 4.74 Å². The largest absolute Gasteiger partial charge is 0.468 e. The molecule has 0 rings (SSSR count). The number of rotatable bonds is 9. The van der Waals surface area contributed by atoms with Crippen molar-refractivity contribution in [3.63, 3.8) is 0 Å². The lowest BCUT2D eigenvalue weighted by atomic mass is 9.93. The summed E-state index contributed by atoms with van der Waals surface area (Å²) in [6.07, 6.45) is 3.16. The van der Waals surface area contributed by atoms with E-state index in [1.54, 1.807) is 0 Å². The minimum atomic E-state index is -0.603. The van der Waals surface area contributed by atoms with Gasteiger partial charge in [0.2, 0.25) is 0 Å². The van der Waals surface area contributed by atoms with E-state index in [2.05, 4.69) is 31.0 Å². The standard InChI is InChI=1S/C14H30N2O2/c1-7-9-10-16(8-2)12(3)11-14(4,15-5)13(17)18-6/h12,15H,7-11H2,1-6H3. The SMILES string of the molecule is CCCCN(CC)C(C)CC(C)(NC)C(=O)OC. The predicted octanol–water partition coefficient (Wildman–Crippen LogP) is 2.04. The molecular weight excluding hydrogens is 228 g/mol. The molecule has 0 radical (unpaired) electrons. The van der Waals surface area contributed by atoms with Gasteiger partial charge in [-0.1, -0.05) is 20.3 Å². The molecule has 0 fully saturated rings. The molecule has 0 aliphatic heterocycles. The van der Waals surface area contributed by atoms with E-state index in [-0.39, 0.29) is 5.97 Å². The van der Waals surface area contributed by atoms with E-state index in [1.165, 1.54) is 20.0 Å². The second-order valence-electron chi connectivity index (χ2n) is 5.11. The molecule has 0 saturated heterocycles. The molecule has 0 spiro atoms. The molecule has 2 unspecified atom stereocenters. The van der Waals surface area contributed by atoms with Crippen LogP contribution in [0.15, 0.2) is 0 Å². The van der Waals surface area contributed by atoms with E-state index >= 15 is 0 Å². The quantitative estimate of drug-likeness (QED) is 0.643. The average Bonchev–Trinajstić information content (AvgIpc) is 2.38. The van der Waals surface area contributed by atoms with Gasteiger partial charge in [0.1, 0.15) is 5.54 Å². The molecule has 0 aliphatic rings. The number of esters is 1. The Kier molecular flexibility index (Phi) is 8.20. The van der Waals surface area contributed by atoms with Gasteiger partial charge in [0.25, 0.3) is 0 Å². The van der Waals surface area contributed by atoms with Gasteiger partial charge in [-0.2, -0.15) is 0 Å². The molecule has 4 nitrogen and oxygen atoms in total. The van der Waals surface area contributed by atoms with Crippen molar-refractivity contribution in [3.8, 4) is 0 Å². The molecule has 0 amide bonds. The zero-order valence-corrected chi connectivity index (χ0v) is 12.9. The van der Waals surface area contributed by atoms with Crippen LogP contribution in [-0.4, -0.2) is 49.7 Å². The number of nitrogens with one attached hydrogen (secondary N) is 1. The van der Waals surface area contributed by atoms with Gasteiger partial charge in [0, 0.05) is 6.04 Å². The number of likely N-dealkylation sites (N-methyl/N-ethyl adjacent to an activating group) is 1. The number of carbonyl (C=O) groups excluding carboxylic acids is 1. The van der Waals surface area contributed by atoms with Crippen LogP contribution in [-0.2, 0) is 9.53 Å². The number of ether oxygens (including phenoxy) is 1. The fourth-order valence-electron chi connectivity index (χ4n) is 2.28. The Morgan fingerprint density at radius 2 is 2.06 bits per heavy atom. The second kappa shape index (κ2) is 8.48. The van der Waals surface area contributed by atoms with E-state index < -0.39 is 5.54 Å². The van der Waals surface area contributed by atoms with Crippen LogP contribution in [0, 0.1) is 0 Å². The van der Waals surface area contributed by atoms with Gasteiger partial charge in [0.05, 0.1) is 7.11 Å². The van der Waals surface area contributed by atoms with Gasteiger partial charge in [-0.05, 0) is 46.8 Å². The number of methoxy groups -OCH3 is 1. The third-order valence-corrected chi connectivity index (χ3v) is 3.72. The molecule has 2 atom stereocenters. The van der Waals surface area contributed by atoms with Crippen LogP contribution < -0.4 is 5.32 Å². The van der Waals surface area contributed by atoms with Crippen LogP contribution >= 0.6 is 0 Å². The van der Waals surface area contributed by atoms with Crippen molar-refractivity contribution >= 4 is 5.97 Å². The molecule has 0 aromatic rings. The zero-order chi connectivity index (χ0) is 14.2. The van der Waals surface area contributed by atoms with Crippen molar-refractivity contribution in [2.75, 3.05) is 27.2 Å². The first-order valence-electron chi connectivity index (χ1n) is 6.96. The van der Waals surface area contributed by atoms with Gasteiger partial charge in [-0.25, -0.2) is 0 Å². The summed E-state index contributed by atoms with van der Waals surface area (Å²) in [7, 11) is 3.25. The Labute approximate surface area is 112 Å². The third-order valence-electron chi connectivity index (χ3n) is 3.72. The average molecular weight is 258 g/mol. The van der Waals surface area contributed by atoms with E-state index in [1.807, 2.05) is 14.0 Å². The number of hydrogen-bond acceptors (Lipinski definition) is 4. The highest BCUT2D eigenvalue weighted by Crippen LogP contribution is 2.18. The number of nitrogens with zero attached hydrogens (tertiary/aromatic N) is 1. The van der Waals surface area contributed by atoms with Gasteiger partial charge in [0.15, 0.2) is 0 Å². The van der Waals surface area contributed by atoms with Gasteiger partial charge < -0.3 is 15.0 Å². The lowest BCUT2D eigenvalue weighted by Crippen LogP contribution is -2.52. The molecule has 108 valence electrons. The summed E-state index contributed by atoms with van der Waals surface area (Å²) in [6, 6.07) is 0.359. The predicted molar refractivity (Wildman–Crippen MR) is 75.7 cm³/mol.